The molecule has 0 amide bonds. The van der Waals surface area contributed by atoms with Gasteiger partial charge in [-0.3, -0.25) is 0 Å². The van der Waals surface area contributed by atoms with E-state index in [1.165, 1.54) is 36.4 Å². The molecule has 0 aliphatic rings. The monoisotopic (exact) mass is 370 g/mol. The van der Waals surface area contributed by atoms with Gasteiger partial charge in [0.15, 0.2) is 0 Å². The van der Waals surface area contributed by atoms with Crippen LogP contribution in [-0.4, -0.2) is 29.2 Å². The molecule has 0 aromatic heterocycles. The van der Waals surface area contributed by atoms with Gasteiger partial charge in [-0.1, -0.05) is 0 Å². The third-order valence-corrected chi connectivity index (χ3v) is 5.17. The lowest BCUT2D eigenvalue weighted by Crippen LogP contribution is -2.07. The second kappa shape index (κ2) is 6.82. The van der Waals surface area contributed by atoms with Gasteiger partial charge in [0, 0.05) is 0 Å². The van der Waals surface area contributed by atoms with Crippen molar-refractivity contribution in [2.45, 2.75) is 29.7 Å². The van der Waals surface area contributed by atoms with Crippen molar-refractivity contribution >= 4 is 20.0 Å². The molecule has 0 saturated carbocycles. The molecule has 0 fully saturated rings. The van der Waals surface area contributed by atoms with Crippen LogP contribution in [0.4, 0.5) is 0 Å². The zero-order valence-corrected chi connectivity index (χ0v) is 15.1. The summed E-state index contributed by atoms with van der Waals surface area (Å²) in [5.74, 6) is 0.637. The van der Waals surface area contributed by atoms with Crippen LogP contribution in [0.2, 0.25) is 0 Å². The maximum Gasteiger partial charge on any atom is 0.306 e. The van der Waals surface area contributed by atoms with Gasteiger partial charge in [0.2, 0.25) is 9.84 Å². The fraction of sp³-hybridized carbons (Fsp3) is 0.250. The van der Waals surface area contributed by atoms with Crippen molar-refractivity contribution in [2.75, 3.05) is 6.26 Å². The first-order valence-corrected chi connectivity index (χ1v) is 10.4. The Hall–Kier alpha value is -2.06. The molecule has 0 heterocycles. The Balaban J connectivity index is 2.26. The van der Waals surface area contributed by atoms with Crippen LogP contribution < -0.4 is 8.92 Å². The summed E-state index contributed by atoms with van der Waals surface area (Å²) in [5.41, 5.74) is 0. The summed E-state index contributed by atoms with van der Waals surface area (Å²) in [6, 6.07) is 11.3. The van der Waals surface area contributed by atoms with E-state index in [-0.39, 0.29) is 21.6 Å². The minimum atomic E-state index is -3.71. The summed E-state index contributed by atoms with van der Waals surface area (Å²) >= 11 is 0. The van der Waals surface area contributed by atoms with E-state index in [1.807, 2.05) is 13.8 Å². The van der Waals surface area contributed by atoms with Gasteiger partial charge in [0.25, 0.3) is 0 Å². The lowest BCUT2D eigenvalue weighted by Gasteiger charge is -2.10. The third-order valence-electron chi connectivity index (χ3n) is 2.89. The lowest BCUT2D eigenvalue weighted by molar-refractivity contribution is 0.242. The summed E-state index contributed by atoms with van der Waals surface area (Å²) in [4.78, 5) is 0.163. The minimum Gasteiger partial charge on any atom is -0.491 e. The maximum atomic E-state index is 12.6. The van der Waals surface area contributed by atoms with Gasteiger partial charge in [0.1, 0.15) is 11.5 Å². The van der Waals surface area contributed by atoms with Crippen LogP contribution in [-0.2, 0) is 20.0 Å². The first kappa shape index (κ1) is 18.3. The van der Waals surface area contributed by atoms with Crippen molar-refractivity contribution in [3.8, 4) is 11.5 Å². The molecule has 0 spiro atoms. The molecule has 0 unspecified atom stereocenters. The van der Waals surface area contributed by atoms with Crippen molar-refractivity contribution in [3.05, 3.63) is 48.5 Å². The topological polar surface area (TPSA) is 86.7 Å². The Labute approximate surface area is 142 Å². The Kier molecular flexibility index (Phi) is 5.19. The third kappa shape index (κ3) is 4.72. The molecule has 0 N–H and O–H groups in total. The number of sulfone groups is 1. The predicted molar refractivity (Wildman–Crippen MR) is 89.6 cm³/mol. The summed E-state index contributed by atoms with van der Waals surface area (Å²) < 4.78 is 57.4. The van der Waals surface area contributed by atoms with Crippen LogP contribution in [0.15, 0.2) is 58.3 Å². The average Bonchev–Trinajstić information content (AvgIpc) is 2.46. The van der Waals surface area contributed by atoms with E-state index in [4.69, 9.17) is 4.74 Å². The van der Waals surface area contributed by atoms with E-state index in [1.54, 1.807) is 12.1 Å². The number of hydrogen-bond acceptors (Lipinski definition) is 6. The minimum absolute atomic E-state index is 0.00477. The number of rotatable bonds is 6. The summed E-state index contributed by atoms with van der Waals surface area (Å²) in [6.45, 7) is 3.76. The highest BCUT2D eigenvalue weighted by atomic mass is 32.2. The first-order valence-electron chi connectivity index (χ1n) is 7.09. The standard InChI is InChI=1S/C16H18O6S2/c1-12(2)21-13-4-8-15(9-5-13)24(19,20)16-10-6-14(7-11-16)22-23(3,17)18/h4-12H,1-3H3. The highest BCUT2D eigenvalue weighted by Gasteiger charge is 2.18. The van der Waals surface area contributed by atoms with Crippen LogP contribution in [0, 0.1) is 0 Å². The van der Waals surface area contributed by atoms with E-state index in [0.29, 0.717) is 5.75 Å². The normalized spacial score (nSPS) is 12.2. The molecule has 0 aliphatic heterocycles. The molecule has 0 bridgehead atoms. The average molecular weight is 370 g/mol. The van der Waals surface area contributed by atoms with Gasteiger partial charge in [-0.15, -0.1) is 0 Å². The summed E-state index contributed by atoms with van der Waals surface area (Å²) in [5, 5.41) is 0. The molecule has 2 rings (SSSR count). The molecule has 0 aliphatic carbocycles. The Morgan fingerprint density at radius 2 is 1.17 bits per heavy atom. The first-order chi connectivity index (χ1) is 11.1. The molecule has 130 valence electrons. The smallest absolute Gasteiger partial charge is 0.306 e. The molecule has 0 atom stereocenters. The fourth-order valence-corrected chi connectivity index (χ4v) is 3.68. The molecule has 0 radical (unpaired) electrons. The van der Waals surface area contributed by atoms with Crippen molar-refractivity contribution in [2.24, 2.45) is 0 Å². The predicted octanol–water partition coefficient (Wildman–Crippen LogP) is 2.65. The largest absolute Gasteiger partial charge is 0.491 e. The lowest BCUT2D eigenvalue weighted by atomic mass is 10.3. The molecule has 2 aromatic carbocycles. The Morgan fingerprint density at radius 1 is 0.750 bits per heavy atom. The van der Waals surface area contributed by atoms with E-state index < -0.39 is 20.0 Å². The maximum absolute atomic E-state index is 12.6. The van der Waals surface area contributed by atoms with E-state index in [2.05, 4.69) is 4.18 Å². The molecule has 24 heavy (non-hydrogen) atoms. The Bertz CT molecular complexity index is 896. The SMILES string of the molecule is CC(C)Oc1ccc(S(=O)(=O)c2ccc(OS(C)(=O)=O)cc2)cc1. The summed E-state index contributed by atoms with van der Waals surface area (Å²) in [6.07, 6.45) is 0.910. The quantitative estimate of drug-likeness (QED) is 0.727. The fourth-order valence-electron chi connectivity index (χ4n) is 1.95. The second-order valence-corrected chi connectivity index (χ2v) is 8.92. The van der Waals surface area contributed by atoms with E-state index in [9.17, 15) is 16.8 Å². The zero-order chi connectivity index (χ0) is 18.0. The molecular weight excluding hydrogens is 352 g/mol. The van der Waals surface area contributed by atoms with Gasteiger partial charge in [-0.25, -0.2) is 8.42 Å². The van der Waals surface area contributed by atoms with E-state index in [0.717, 1.165) is 6.26 Å². The highest BCUT2D eigenvalue weighted by Crippen LogP contribution is 2.25. The van der Waals surface area contributed by atoms with Crippen LogP contribution in [0.1, 0.15) is 13.8 Å². The van der Waals surface area contributed by atoms with Gasteiger partial charge < -0.3 is 8.92 Å². The molecule has 6 nitrogen and oxygen atoms in total. The van der Waals surface area contributed by atoms with Crippen molar-refractivity contribution in [3.63, 3.8) is 0 Å². The summed E-state index contributed by atoms with van der Waals surface area (Å²) in [7, 11) is -7.36. The second-order valence-electron chi connectivity index (χ2n) is 5.40. The van der Waals surface area contributed by atoms with Crippen molar-refractivity contribution < 1.29 is 25.8 Å². The highest BCUT2D eigenvalue weighted by molar-refractivity contribution is 7.91. The van der Waals surface area contributed by atoms with Crippen LogP contribution in [0.5, 0.6) is 11.5 Å². The molecule has 8 heteroatoms. The molecular formula is C16H18O6S2. The van der Waals surface area contributed by atoms with Crippen LogP contribution in [0.25, 0.3) is 0 Å². The number of benzene rings is 2. The van der Waals surface area contributed by atoms with E-state index >= 15 is 0 Å². The number of hydrogen-bond donors (Lipinski definition) is 0. The zero-order valence-electron chi connectivity index (χ0n) is 13.5. The molecule has 0 saturated heterocycles. The van der Waals surface area contributed by atoms with Gasteiger partial charge in [-0.05, 0) is 62.4 Å². The number of ether oxygens (including phenoxy) is 1. The van der Waals surface area contributed by atoms with Crippen molar-refractivity contribution in [1.82, 2.24) is 0 Å². The van der Waals surface area contributed by atoms with Crippen molar-refractivity contribution in [1.29, 1.82) is 0 Å². The van der Waals surface area contributed by atoms with Crippen LogP contribution >= 0.6 is 0 Å². The Morgan fingerprint density at radius 3 is 1.54 bits per heavy atom. The van der Waals surface area contributed by atoms with Crippen LogP contribution in [0.3, 0.4) is 0 Å². The molecule has 2 aromatic rings. The van der Waals surface area contributed by atoms with Gasteiger partial charge in [0.05, 0.1) is 22.2 Å². The van der Waals surface area contributed by atoms with Gasteiger partial charge >= 0.3 is 10.1 Å². The van der Waals surface area contributed by atoms with Gasteiger partial charge in [-0.2, -0.15) is 8.42 Å².